The van der Waals surface area contributed by atoms with Crippen molar-refractivity contribution >= 4 is 28.8 Å². The van der Waals surface area contributed by atoms with E-state index >= 15 is 0 Å². The predicted octanol–water partition coefficient (Wildman–Crippen LogP) is 2.89. The molecule has 1 saturated heterocycles. The van der Waals surface area contributed by atoms with Gasteiger partial charge in [-0.05, 0) is 37.6 Å². The molecule has 9 nitrogen and oxygen atoms in total. The Morgan fingerprint density at radius 1 is 1.33 bits per heavy atom. The number of aromatic nitrogens is 3. The van der Waals surface area contributed by atoms with E-state index in [9.17, 15) is 27.9 Å². The molecule has 1 atom stereocenters. The highest BCUT2D eigenvalue weighted by Crippen LogP contribution is 2.39. The highest BCUT2D eigenvalue weighted by Gasteiger charge is 2.41. The zero-order valence-electron chi connectivity index (χ0n) is 19.7. The number of amides is 2. The van der Waals surface area contributed by atoms with Crippen molar-refractivity contribution in [3.05, 3.63) is 53.5 Å². The fraction of sp³-hybridized carbons (Fsp3) is 0.417. The third-order valence-electron chi connectivity index (χ3n) is 6.53. The number of nitrogens with one attached hydrogen (secondary N) is 1. The summed E-state index contributed by atoms with van der Waals surface area (Å²) >= 11 is 0. The number of anilines is 2. The zero-order chi connectivity index (χ0) is 25.8. The Morgan fingerprint density at radius 3 is 2.81 bits per heavy atom. The second-order valence-corrected chi connectivity index (χ2v) is 9.76. The van der Waals surface area contributed by atoms with Gasteiger partial charge in [0.05, 0.1) is 36.3 Å². The number of alkyl halides is 3. The number of benzene rings is 1. The molecule has 2 aliphatic heterocycles. The summed E-state index contributed by atoms with van der Waals surface area (Å²) < 4.78 is 44.0. The average molecular weight is 502 g/mol. The Hall–Kier alpha value is -3.67. The summed E-state index contributed by atoms with van der Waals surface area (Å²) in [7, 11) is 0. The van der Waals surface area contributed by atoms with E-state index in [1.54, 1.807) is 18.3 Å². The molecule has 3 aromatic rings. The van der Waals surface area contributed by atoms with Gasteiger partial charge in [-0.2, -0.15) is 5.10 Å². The first kappa shape index (κ1) is 24.0. The maximum absolute atomic E-state index is 14.5. The molecule has 0 unspecified atom stereocenters. The van der Waals surface area contributed by atoms with Crippen LogP contribution in [0.15, 0.2) is 36.8 Å². The Labute approximate surface area is 204 Å². The Kier molecular flexibility index (Phi) is 5.66. The van der Waals surface area contributed by atoms with Crippen LogP contribution < -0.4 is 10.2 Å². The predicted molar refractivity (Wildman–Crippen MR) is 125 cm³/mol. The topological polar surface area (TPSA) is 103 Å². The van der Waals surface area contributed by atoms with E-state index in [2.05, 4.69) is 15.4 Å². The molecule has 1 fully saturated rings. The van der Waals surface area contributed by atoms with Crippen molar-refractivity contribution in [3.8, 4) is 0 Å². The fourth-order valence-corrected chi connectivity index (χ4v) is 4.46. The number of hydrogen-bond donors (Lipinski definition) is 2. The van der Waals surface area contributed by atoms with E-state index in [1.807, 2.05) is 0 Å². The Bertz CT molecular complexity index is 1350. The van der Waals surface area contributed by atoms with Crippen molar-refractivity contribution in [3.63, 3.8) is 0 Å². The lowest BCUT2D eigenvalue weighted by molar-refractivity contribution is -0.0159. The van der Waals surface area contributed by atoms with E-state index < -0.39 is 36.1 Å². The number of fused-ring (bicyclic) bond motifs is 2. The quantitative estimate of drug-likeness (QED) is 0.538. The lowest BCUT2D eigenvalue weighted by Gasteiger charge is -2.26. The number of carbonyl (C=O) groups excluding carboxylic acids is 2. The number of nitrogens with zero attached hydrogens (tertiary/aromatic N) is 5. The normalized spacial score (nSPS) is 18.1. The molecule has 5 rings (SSSR count). The lowest BCUT2D eigenvalue weighted by atomic mass is 10.0. The largest absolute Gasteiger partial charge is 0.387 e. The molecule has 36 heavy (non-hydrogen) atoms. The smallest absolute Gasteiger partial charge is 0.266 e. The van der Waals surface area contributed by atoms with Crippen molar-refractivity contribution < 1.29 is 27.9 Å². The van der Waals surface area contributed by atoms with Gasteiger partial charge in [-0.15, -0.1) is 0 Å². The van der Waals surface area contributed by atoms with Crippen molar-refractivity contribution in [2.75, 3.05) is 29.9 Å². The minimum absolute atomic E-state index is 0.0378. The minimum Gasteiger partial charge on any atom is -0.387 e. The van der Waals surface area contributed by atoms with Crippen LogP contribution in [0.5, 0.6) is 0 Å². The van der Waals surface area contributed by atoms with Gasteiger partial charge in [-0.3, -0.25) is 9.59 Å². The number of carbonyl (C=O) groups is 2. The molecule has 0 saturated carbocycles. The minimum atomic E-state index is -2.91. The van der Waals surface area contributed by atoms with Crippen LogP contribution in [0.2, 0.25) is 0 Å². The summed E-state index contributed by atoms with van der Waals surface area (Å²) in [5.74, 6) is -3.91. The number of rotatable bonds is 6. The van der Waals surface area contributed by atoms with E-state index in [1.165, 1.54) is 46.6 Å². The molecule has 1 aromatic carbocycles. The van der Waals surface area contributed by atoms with Crippen molar-refractivity contribution in [1.29, 1.82) is 0 Å². The van der Waals surface area contributed by atoms with Crippen molar-refractivity contribution in [2.24, 2.45) is 0 Å². The first-order valence-electron chi connectivity index (χ1n) is 11.5. The maximum Gasteiger partial charge on any atom is 0.266 e. The van der Waals surface area contributed by atoms with Gasteiger partial charge in [0.25, 0.3) is 17.7 Å². The van der Waals surface area contributed by atoms with Gasteiger partial charge in [0.15, 0.2) is 5.65 Å². The van der Waals surface area contributed by atoms with Crippen LogP contribution in [0.25, 0.3) is 5.65 Å². The molecule has 0 aliphatic carbocycles. The lowest BCUT2D eigenvalue weighted by Crippen LogP contribution is -2.42. The van der Waals surface area contributed by atoms with Crippen LogP contribution in [0, 0.1) is 0 Å². The van der Waals surface area contributed by atoms with Gasteiger partial charge in [0, 0.05) is 37.5 Å². The monoisotopic (exact) mass is 502 g/mol. The van der Waals surface area contributed by atoms with E-state index in [-0.39, 0.29) is 48.6 Å². The highest BCUT2D eigenvalue weighted by molar-refractivity contribution is 6.10. The molecule has 0 spiro atoms. The molecule has 190 valence electrons. The van der Waals surface area contributed by atoms with Crippen LogP contribution >= 0.6 is 0 Å². The van der Waals surface area contributed by atoms with Crippen LogP contribution in [-0.2, 0) is 6.54 Å². The molecule has 4 heterocycles. The molecular weight excluding hydrogens is 477 g/mol. The van der Waals surface area contributed by atoms with Gasteiger partial charge < -0.3 is 20.2 Å². The molecule has 0 bridgehead atoms. The van der Waals surface area contributed by atoms with E-state index in [0.29, 0.717) is 11.2 Å². The van der Waals surface area contributed by atoms with E-state index in [0.717, 1.165) is 0 Å². The SMILES string of the molecule is CC(C)(O)[C@H](F)CN1Cc2cc(NC(=O)c3cnn4cccnc34)c(N3CCC(F)(F)C3)cc2C1=O. The zero-order valence-corrected chi connectivity index (χ0v) is 19.7. The molecule has 0 radical (unpaired) electrons. The summed E-state index contributed by atoms with van der Waals surface area (Å²) in [6.45, 7) is 1.85. The fourth-order valence-electron chi connectivity index (χ4n) is 4.46. The summed E-state index contributed by atoms with van der Waals surface area (Å²) in [6, 6.07) is 4.70. The second kappa shape index (κ2) is 8.47. The van der Waals surface area contributed by atoms with Crippen molar-refractivity contribution in [2.45, 2.75) is 44.5 Å². The molecule has 2 aliphatic rings. The number of aliphatic hydroxyl groups is 1. The summed E-state index contributed by atoms with van der Waals surface area (Å²) in [5, 5.41) is 16.8. The first-order chi connectivity index (χ1) is 16.9. The first-order valence-corrected chi connectivity index (χ1v) is 11.5. The van der Waals surface area contributed by atoms with Gasteiger partial charge in [-0.1, -0.05) is 0 Å². The van der Waals surface area contributed by atoms with Gasteiger partial charge in [0.1, 0.15) is 11.7 Å². The third-order valence-corrected chi connectivity index (χ3v) is 6.53. The van der Waals surface area contributed by atoms with Crippen molar-refractivity contribution in [1.82, 2.24) is 19.5 Å². The Balaban J connectivity index is 1.49. The average Bonchev–Trinajstić information content (AvgIpc) is 3.48. The maximum atomic E-state index is 14.5. The van der Waals surface area contributed by atoms with Gasteiger partial charge in [0.2, 0.25) is 0 Å². The molecule has 12 heteroatoms. The summed E-state index contributed by atoms with van der Waals surface area (Å²) in [6.07, 6.45) is 2.48. The third kappa shape index (κ3) is 4.36. The van der Waals surface area contributed by atoms with Crippen LogP contribution in [0.3, 0.4) is 0 Å². The van der Waals surface area contributed by atoms with Gasteiger partial charge in [-0.25, -0.2) is 22.7 Å². The molecular formula is C24H25F3N6O3. The summed E-state index contributed by atoms with van der Waals surface area (Å²) in [5.41, 5.74) is 0.177. The standard InChI is InChI=1S/C24H25F3N6O3/c1-23(2,36)19(25)12-32-11-14-8-17(30-21(34)16-10-29-33-6-3-5-28-20(16)33)18(9-15(14)22(32)35)31-7-4-24(26,27)13-31/h3,5-6,8-10,19,36H,4,7,11-13H2,1-2H3,(H,30,34)/t19-/m1/s1. The highest BCUT2D eigenvalue weighted by atomic mass is 19.3. The molecule has 2 aromatic heterocycles. The van der Waals surface area contributed by atoms with Gasteiger partial charge >= 0.3 is 0 Å². The molecule has 2 N–H and O–H groups in total. The molecule has 2 amide bonds. The summed E-state index contributed by atoms with van der Waals surface area (Å²) in [4.78, 5) is 33.0. The Morgan fingerprint density at radius 2 is 2.11 bits per heavy atom. The van der Waals surface area contributed by atoms with Crippen LogP contribution in [0.1, 0.15) is 46.5 Å². The number of hydrogen-bond acceptors (Lipinski definition) is 6. The van der Waals surface area contributed by atoms with Crippen LogP contribution in [-0.4, -0.2) is 73.7 Å². The number of halogens is 3. The second-order valence-electron chi connectivity index (χ2n) is 9.76. The van der Waals surface area contributed by atoms with E-state index in [4.69, 9.17) is 0 Å². The van der Waals surface area contributed by atoms with Crippen LogP contribution in [0.4, 0.5) is 24.5 Å².